The van der Waals surface area contributed by atoms with E-state index in [0.29, 0.717) is 12.5 Å². The van der Waals surface area contributed by atoms with Gasteiger partial charge in [0.05, 0.1) is 23.8 Å². The summed E-state index contributed by atoms with van der Waals surface area (Å²) in [7, 11) is 0. The van der Waals surface area contributed by atoms with Gasteiger partial charge in [-0.25, -0.2) is 0 Å². The van der Waals surface area contributed by atoms with Crippen LogP contribution in [0.3, 0.4) is 0 Å². The van der Waals surface area contributed by atoms with Gasteiger partial charge in [-0.2, -0.15) is 5.26 Å². The number of nitriles is 1. The molecule has 0 radical (unpaired) electrons. The number of para-hydroxylation sites is 2. The summed E-state index contributed by atoms with van der Waals surface area (Å²) in [5, 5.41) is 12.4. The van der Waals surface area contributed by atoms with Gasteiger partial charge < -0.3 is 10.1 Å². The number of anilines is 1. The molecule has 0 spiro atoms. The van der Waals surface area contributed by atoms with Crippen LogP contribution in [0, 0.1) is 23.2 Å². The van der Waals surface area contributed by atoms with Crippen molar-refractivity contribution in [1.29, 1.82) is 5.26 Å². The van der Waals surface area contributed by atoms with Gasteiger partial charge in [-0.1, -0.05) is 26.0 Å². The maximum Gasteiger partial charge on any atom is 0.142 e. The summed E-state index contributed by atoms with van der Waals surface area (Å²) < 4.78 is 5.73. The molecule has 0 saturated carbocycles. The van der Waals surface area contributed by atoms with Gasteiger partial charge >= 0.3 is 0 Å². The first-order chi connectivity index (χ1) is 8.54. The van der Waals surface area contributed by atoms with Crippen molar-refractivity contribution in [3.05, 3.63) is 24.3 Å². The molecule has 98 valence electrons. The van der Waals surface area contributed by atoms with E-state index in [4.69, 9.17) is 10.00 Å². The summed E-state index contributed by atoms with van der Waals surface area (Å²) in [6, 6.07) is 10.2. The third-order valence-corrected chi connectivity index (χ3v) is 2.73. The first-order valence-corrected chi connectivity index (χ1v) is 6.43. The number of hydrogen-bond acceptors (Lipinski definition) is 3. The topological polar surface area (TPSA) is 45.0 Å². The SMILES string of the molecule is CC(C)Oc1ccccc1NCC(C#N)C(C)C. The lowest BCUT2D eigenvalue weighted by Gasteiger charge is -2.18. The number of benzene rings is 1. The Bertz CT molecular complexity index is 407. The molecular weight excluding hydrogens is 224 g/mol. The van der Waals surface area contributed by atoms with Crippen molar-refractivity contribution < 1.29 is 4.74 Å². The highest BCUT2D eigenvalue weighted by molar-refractivity contribution is 5.56. The van der Waals surface area contributed by atoms with Crippen LogP contribution in [0.15, 0.2) is 24.3 Å². The molecule has 1 rings (SSSR count). The highest BCUT2D eigenvalue weighted by atomic mass is 16.5. The highest BCUT2D eigenvalue weighted by Gasteiger charge is 2.13. The fourth-order valence-corrected chi connectivity index (χ4v) is 1.62. The molecule has 0 aliphatic carbocycles. The zero-order valence-electron chi connectivity index (χ0n) is 11.6. The average Bonchev–Trinajstić information content (AvgIpc) is 2.30. The minimum Gasteiger partial charge on any atom is -0.489 e. The van der Waals surface area contributed by atoms with E-state index >= 15 is 0 Å². The van der Waals surface area contributed by atoms with Gasteiger partial charge in [0, 0.05) is 6.54 Å². The van der Waals surface area contributed by atoms with Gasteiger partial charge in [0.2, 0.25) is 0 Å². The molecular formula is C15H22N2O. The number of ether oxygens (including phenoxy) is 1. The Morgan fingerprint density at radius 3 is 2.44 bits per heavy atom. The number of nitrogens with one attached hydrogen (secondary N) is 1. The molecule has 1 aromatic rings. The predicted molar refractivity (Wildman–Crippen MR) is 74.6 cm³/mol. The van der Waals surface area contributed by atoms with Crippen molar-refractivity contribution >= 4 is 5.69 Å². The molecule has 0 aliphatic rings. The second kappa shape index (κ2) is 6.90. The van der Waals surface area contributed by atoms with E-state index in [1.165, 1.54) is 0 Å². The zero-order valence-corrected chi connectivity index (χ0v) is 11.6. The van der Waals surface area contributed by atoms with E-state index in [0.717, 1.165) is 11.4 Å². The fraction of sp³-hybridized carbons (Fsp3) is 0.533. The Hall–Kier alpha value is -1.69. The van der Waals surface area contributed by atoms with E-state index in [9.17, 15) is 0 Å². The maximum absolute atomic E-state index is 9.07. The van der Waals surface area contributed by atoms with Crippen LogP contribution in [0.5, 0.6) is 5.75 Å². The summed E-state index contributed by atoms with van der Waals surface area (Å²) >= 11 is 0. The predicted octanol–water partition coefficient (Wildman–Crippen LogP) is 3.68. The molecule has 1 N–H and O–H groups in total. The van der Waals surface area contributed by atoms with Crippen LogP contribution in [0.25, 0.3) is 0 Å². The van der Waals surface area contributed by atoms with Crippen LogP contribution >= 0.6 is 0 Å². The third kappa shape index (κ3) is 4.29. The Kier molecular flexibility index (Phi) is 5.51. The van der Waals surface area contributed by atoms with Crippen LogP contribution in [0.2, 0.25) is 0 Å². The number of hydrogen-bond donors (Lipinski definition) is 1. The number of nitrogens with zero attached hydrogens (tertiary/aromatic N) is 1. The molecule has 0 aliphatic heterocycles. The van der Waals surface area contributed by atoms with E-state index in [1.807, 2.05) is 38.1 Å². The number of rotatable bonds is 6. The standard InChI is InChI=1S/C15H22N2O/c1-11(2)13(9-16)10-17-14-7-5-6-8-15(14)18-12(3)4/h5-8,11-13,17H,10H2,1-4H3. The van der Waals surface area contributed by atoms with E-state index < -0.39 is 0 Å². The molecule has 3 heteroatoms. The Labute approximate surface area is 110 Å². The maximum atomic E-state index is 9.07. The van der Waals surface area contributed by atoms with Crippen molar-refractivity contribution in [3.63, 3.8) is 0 Å². The minimum absolute atomic E-state index is 0.0112. The summed E-state index contributed by atoms with van der Waals surface area (Å²) in [5.41, 5.74) is 0.951. The molecule has 1 atom stereocenters. The van der Waals surface area contributed by atoms with Crippen LogP contribution in [0.4, 0.5) is 5.69 Å². The van der Waals surface area contributed by atoms with Gasteiger partial charge in [-0.05, 0) is 31.9 Å². The average molecular weight is 246 g/mol. The highest BCUT2D eigenvalue weighted by Crippen LogP contribution is 2.25. The molecule has 1 aromatic carbocycles. The monoisotopic (exact) mass is 246 g/mol. The largest absolute Gasteiger partial charge is 0.489 e. The van der Waals surface area contributed by atoms with Crippen molar-refractivity contribution in [2.45, 2.75) is 33.8 Å². The zero-order chi connectivity index (χ0) is 13.5. The first-order valence-electron chi connectivity index (χ1n) is 6.43. The van der Waals surface area contributed by atoms with Crippen LogP contribution in [-0.2, 0) is 0 Å². The van der Waals surface area contributed by atoms with Gasteiger partial charge in [0.1, 0.15) is 5.75 Å². The van der Waals surface area contributed by atoms with Gasteiger partial charge in [-0.3, -0.25) is 0 Å². The summed E-state index contributed by atoms with van der Waals surface area (Å²) in [4.78, 5) is 0. The van der Waals surface area contributed by atoms with Crippen molar-refractivity contribution in [2.24, 2.45) is 11.8 Å². The van der Waals surface area contributed by atoms with Crippen LogP contribution in [-0.4, -0.2) is 12.6 Å². The van der Waals surface area contributed by atoms with Crippen molar-refractivity contribution in [2.75, 3.05) is 11.9 Å². The Balaban J connectivity index is 2.70. The molecule has 0 saturated heterocycles. The molecule has 0 amide bonds. The molecule has 0 aromatic heterocycles. The lowest BCUT2D eigenvalue weighted by molar-refractivity contribution is 0.243. The molecule has 0 heterocycles. The van der Waals surface area contributed by atoms with Gasteiger partial charge in [0.15, 0.2) is 0 Å². The van der Waals surface area contributed by atoms with Crippen LogP contribution in [0.1, 0.15) is 27.7 Å². The van der Waals surface area contributed by atoms with E-state index in [1.54, 1.807) is 0 Å². The molecule has 18 heavy (non-hydrogen) atoms. The van der Waals surface area contributed by atoms with Crippen molar-refractivity contribution in [1.82, 2.24) is 0 Å². The lowest BCUT2D eigenvalue weighted by atomic mass is 9.97. The first kappa shape index (κ1) is 14.4. The van der Waals surface area contributed by atoms with Gasteiger partial charge in [0.25, 0.3) is 0 Å². The molecule has 1 unspecified atom stereocenters. The minimum atomic E-state index is 0.0112. The summed E-state index contributed by atoms with van der Waals surface area (Å²) in [5.74, 6) is 1.20. The van der Waals surface area contributed by atoms with Crippen LogP contribution < -0.4 is 10.1 Å². The normalized spacial score (nSPS) is 12.3. The fourth-order valence-electron chi connectivity index (χ4n) is 1.62. The van der Waals surface area contributed by atoms with Crippen molar-refractivity contribution in [3.8, 4) is 11.8 Å². The lowest BCUT2D eigenvalue weighted by Crippen LogP contribution is -2.18. The molecule has 3 nitrogen and oxygen atoms in total. The van der Waals surface area contributed by atoms with E-state index in [-0.39, 0.29) is 12.0 Å². The second-order valence-corrected chi connectivity index (χ2v) is 5.02. The molecule has 0 fully saturated rings. The van der Waals surface area contributed by atoms with Gasteiger partial charge in [-0.15, -0.1) is 0 Å². The third-order valence-electron chi connectivity index (χ3n) is 2.73. The quantitative estimate of drug-likeness (QED) is 0.832. The Morgan fingerprint density at radius 1 is 1.22 bits per heavy atom. The molecule has 0 bridgehead atoms. The smallest absolute Gasteiger partial charge is 0.142 e. The Morgan fingerprint density at radius 2 is 1.89 bits per heavy atom. The summed E-state index contributed by atoms with van der Waals surface area (Å²) in [6.07, 6.45) is 0.143. The second-order valence-electron chi connectivity index (χ2n) is 5.02. The van der Waals surface area contributed by atoms with E-state index in [2.05, 4.69) is 25.2 Å². The summed E-state index contributed by atoms with van der Waals surface area (Å²) in [6.45, 7) is 8.77.